The highest BCUT2D eigenvalue weighted by atomic mass is 35.5. The van der Waals surface area contributed by atoms with Gasteiger partial charge >= 0.3 is 0 Å². The number of hydrogen-bond donors (Lipinski definition) is 2. The molecule has 0 aliphatic rings. The summed E-state index contributed by atoms with van der Waals surface area (Å²) < 4.78 is 7.40. The van der Waals surface area contributed by atoms with E-state index >= 15 is 0 Å². The molecule has 3 aromatic rings. The first-order chi connectivity index (χ1) is 13.2. The van der Waals surface area contributed by atoms with Gasteiger partial charge in [0, 0.05) is 31.5 Å². The average molecular weight is 438 g/mol. The number of ether oxygens (including phenoxy) is 1. The fraction of sp³-hybridized carbons (Fsp3) is 0.250. The molecule has 3 rings (SSSR count). The molecule has 0 saturated carbocycles. The lowest BCUT2D eigenvalue weighted by molar-refractivity contribution is -0.123. The van der Waals surface area contributed by atoms with Crippen LogP contribution in [-0.4, -0.2) is 27.7 Å². The predicted molar refractivity (Wildman–Crippen MR) is 116 cm³/mol. The van der Waals surface area contributed by atoms with E-state index in [0.717, 1.165) is 22.6 Å². The van der Waals surface area contributed by atoms with E-state index in [1.807, 2.05) is 55.7 Å². The molecule has 1 unspecified atom stereocenters. The van der Waals surface area contributed by atoms with Crippen molar-refractivity contribution in [2.24, 2.45) is 7.05 Å². The number of aromatic nitrogens is 3. The van der Waals surface area contributed by atoms with E-state index in [2.05, 4.69) is 20.7 Å². The molecule has 0 saturated heterocycles. The molecule has 0 aliphatic carbocycles. The van der Waals surface area contributed by atoms with Crippen LogP contribution in [-0.2, 0) is 25.0 Å². The quantitative estimate of drug-likeness (QED) is 0.566. The van der Waals surface area contributed by atoms with Crippen molar-refractivity contribution in [2.75, 3.05) is 7.05 Å². The zero-order valence-corrected chi connectivity index (χ0v) is 17.9. The van der Waals surface area contributed by atoms with Crippen LogP contribution in [0.2, 0.25) is 0 Å². The van der Waals surface area contributed by atoms with Crippen molar-refractivity contribution >= 4 is 30.7 Å². The highest BCUT2D eigenvalue weighted by Gasteiger charge is 2.19. The molecule has 0 radical (unpaired) electrons. The number of pyridine rings is 1. The van der Waals surface area contributed by atoms with E-state index in [-0.39, 0.29) is 30.7 Å². The Labute approximate surface area is 182 Å². The standard InChI is InChI=1S/C20H23N5O2.2ClH/c1-21-19(16-12-24-25(2)13-16)20(26)23-11-15-6-8-18(9-7-15)27-14-17-5-3-4-10-22-17;;/h3-10,12-13,19,21H,11,14H2,1-2H3,(H,23,26);2*1H. The molecule has 2 heterocycles. The predicted octanol–water partition coefficient (Wildman–Crippen LogP) is 2.81. The van der Waals surface area contributed by atoms with Gasteiger partial charge in [-0.2, -0.15) is 5.10 Å². The number of carbonyl (C=O) groups is 1. The lowest BCUT2D eigenvalue weighted by Gasteiger charge is -2.14. The number of nitrogens with one attached hydrogen (secondary N) is 2. The van der Waals surface area contributed by atoms with Crippen LogP contribution in [0.15, 0.2) is 61.1 Å². The molecule has 0 bridgehead atoms. The molecule has 9 heteroatoms. The van der Waals surface area contributed by atoms with Crippen molar-refractivity contribution in [2.45, 2.75) is 19.2 Å². The van der Waals surface area contributed by atoms with Crippen molar-refractivity contribution in [3.05, 3.63) is 77.9 Å². The molecule has 7 nitrogen and oxygen atoms in total. The Morgan fingerprint density at radius 3 is 2.52 bits per heavy atom. The van der Waals surface area contributed by atoms with E-state index in [9.17, 15) is 4.79 Å². The summed E-state index contributed by atoms with van der Waals surface area (Å²) in [5, 5.41) is 10.1. The maximum absolute atomic E-state index is 12.4. The third-order valence-corrected chi connectivity index (χ3v) is 4.11. The van der Waals surface area contributed by atoms with Gasteiger partial charge in [0.05, 0.1) is 11.9 Å². The minimum Gasteiger partial charge on any atom is -0.487 e. The molecular formula is C20H25Cl2N5O2. The van der Waals surface area contributed by atoms with Gasteiger partial charge in [-0.3, -0.25) is 14.5 Å². The summed E-state index contributed by atoms with van der Waals surface area (Å²) in [6.45, 7) is 0.865. The minimum atomic E-state index is -0.431. The number of carbonyl (C=O) groups excluding carboxylic acids is 1. The number of nitrogens with zero attached hydrogens (tertiary/aromatic N) is 3. The van der Waals surface area contributed by atoms with Crippen molar-refractivity contribution in [3.63, 3.8) is 0 Å². The van der Waals surface area contributed by atoms with E-state index in [0.29, 0.717) is 13.2 Å². The summed E-state index contributed by atoms with van der Waals surface area (Å²) in [5.41, 5.74) is 2.70. The van der Waals surface area contributed by atoms with Crippen LogP contribution in [0.5, 0.6) is 5.75 Å². The van der Waals surface area contributed by atoms with Gasteiger partial charge in [0.25, 0.3) is 0 Å². The number of rotatable bonds is 8. The van der Waals surface area contributed by atoms with Gasteiger partial charge in [-0.1, -0.05) is 18.2 Å². The summed E-state index contributed by atoms with van der Waals surface area (Å²) in [6.07, 6.45) is 5.26. The van der Waals surface area contributed by atoms with Crippen LogP contribution >= 0.6 is 24.8 Å². The fourth-order valence-corrected chi connectivity index (χ4v) is 2.67. The van der Waals surface area contributed by atoms with Gasteiger partial charge < -0.3 is 15.4 Å². The second-order valence-electron chi connectivity index (χ2n) is 6.14. The SMILES string of the molecule is CNC(C(=O)NCc1ccc(OCc2ccccn2)cc1)c1cnn(C)c1.Cl.Cl. The Hall–Kier alpha value is -2.61. The van der Waals surface area contributed by atoms with Crippen LogP contribution in [0.1, 0.15) is 22.9 Å². The average Bonchev–Trinajstić information content (AvgIpc) is 3.13. The van der Waals surface area contributed by atoms with Gasteiger partial charge in [0.15, 0.2) is 0 Å². The first-order valence-electron chi connectivity index (χ1n) is 8.71. The maximum atomic E-state index is 12.4. The normalized spacial score (nSPS) is 11.0. The summed E-state index contributed by atoms with van der Waals surface area (Å²) in [7, 11) is 3.58. The molecule has 156 valence electrons. The topological polar surface area (TPSA) is 81.1 Å². The van der Waals surface area contributed by atoms with Crippen molar-refractivity contribution < 1.29 is 9.53 Å². The van der Waals surface area contributed by atoms with Gasteiger partial charge in [0.1, 0.15) is 18.4 Å². The van der Waals surface area contributed by atoms with E-state index in [4.69, 9.17) is 4.74 Å². The Morgan fingerprint density at radius 1 is 1.17 bits per heavy atom. The molecule has 0 aliphatic heterocycles. The summed E-state index contributed by atoms with van der Waals surface area (Å²) in [5.74, 6) is 0.667. The van der Waals surface area contributed by atoms with Crippen LogP contribution in [0.3, 0.4) is 0 Å². The first kappa shape index (κ1) is 24.4. The van der Waals surface area contributed by atoms with E-state index in [1.165, 1.54) is 0 Å². The van der Waals surface area contributed by atoms with Crippen molar-refractivity contribution in [1.82, 2.24) is 25.4 Å². The number of hydrogen-bond acceptors (Lipinski definition) is 5. The second-order valence-corrected chi connectivity index (χ2v) is 6.14. The molecule has 1 atom stereocenters. The Balaban J connectivity index is 0.00000210. The molecular weight excluding hydrogens is 413 g/mol. The van der Waals surface area contributed by atoms with E-state index < -0.39 is 6.04 Å². The lowest BCUT2D eigenvalue weighted by Crippen LogP contribution is -2.35. The van der Waals surface area contributed by atoms with Crippen LogP contribution in [0.4, 0.5) is 0 Å². The zero-order valence-electron chi connectivity index (χ0n) is 16.2. The lowest BCUT2D eigenvalue weighted by atomic mass is 10.1. The molecule has 0 spiro atoms. The third-order valence-electron chi connectivity index (χ3n) is 4.11. The molecule has 29 heavy (non-hydrogen) atoms. The number of aryl methyl sites for hydroxylation is 1. The van der Waals surface area contributed by atoms with Crippen LogP contribution in [0.25, 0.3) is 0 Å². The van der Waals surface area contributed by atoms with Gasteiger partial charge in [-0.25, -0.2) is 0 Å². The van der Waals surface area contributed by atoms with E-state index in [1.54, 1.807) is 24.1 Å². The number of halogens is 2. The number of amides is 1. The van der Waals surface area contributed by atoms with Crippen molar-refractivity contribution in [1.29, 1.82) is 0 Å². The van der Waals surface area contributed by atoms with Gasteiger partial charge in [-0.15, -0.1) is 24.8 Å². The monoisotopic (exact) mass is 437 g/mol. The Morgan fingerprint density at radius 2 is 1.93 bits per heavy atom. The largest absolute Gasteiger partial charge is 0.487 e. The third kappa shape index (κ3) is 7.05. The fourth-order valence-electron chi connectivity index (χ4n) is 2.67. The minimum absolute atomic E-state index is 0. The highest BCUT2D eigenvalue weighted by Crippen LogP contribution is 2.15. The van der Waals surface area contributed by atoms with Crippen LogP contribution < -0.4 is 15.4 Å². The zero-order chi connectivity index (χ0) is 19.1. The molecule has 2 aromatic heterocycles. The summed E-state index contributed by atoms with van der Waals surface area (Å²) in [6, 6.07) is 13.0. The first-order valence-corrected chi connectivity index (χ1v) is 8.71. The van der Waals surface area contributed by atoms with Crippen molar-refractivity contribution in [3.8, 4) is 5.75 Å². The number of benzene rings is 1. The highest BCUT2D eigenvalue weighted by molar-refractivity contribution is 5.85. The van der Waals surface area contributed by atoms with Crippen LogP contribution in [0, 0.1) is 0 Å². The number of likely N-dealkylation sites (N-methyl/N-ethyl adjacent to an activating group) is 1. The molecule has 1 aromatic carbocycles. The maximum Gasteiger partial charge on any atom is 0.242 e. The second kappa shape index (κ2) is 12.1. The molecule has 1 amide bonds. The Bertz CT molecular complexity index is 872. The molecule has 0 fully saturated rings. The smallest absolute Gasteiger partial charge is 0.242 e. The Kier molecular flexibility index (Phi) is 10.2. The summed E-state index contributed by atoms with van der Waals surface area (Å²) >= 11 is 0. The van der Waals surface area contributed by atoms with Gasteiger partial charge in [-0.05, 0) is 36.9 Å². The summed E-state index contributed by atoms with van der Waals surface area (Å²) in [4.78, 5) is 16.7. The molecule has 2 N–H and O–H groups in total. The van der Waals surface area contributed by atoms with Gasteiger partial charge in [0.2, 0.25) is 5.91 Å².